The zero-order valence-electron chi connectivity index (χ0n) is 10.6. The van der Waals surface area contributed by atoms with Crippen LogP contribution in [0.15, 0.2) is 0 Å². The van der Waals surface area contributed by atoms with E-state index in [4.69, 9.17) is 5.26 Å². The van der Waals surface area contributed by atoms with Crippen LogP contribution < -0.4 is 0 Å². The van der Waals surface area contributed by atoms with Gasteiger partial charge < -0.3 is 0 Å². The highest BCUT2D eigenvalue weighted by Gasteiger charge is 2.24. The van der Waals surface area contributed by atoms with Gasteiger partial charge in [-0.2, -0.15) is 9.57 Å². The Labute approximate surface area is 99.3 Å². The molecule has 0 aromatic heterocycles. The maximum Gasteiger partial charge on any atom is 0.214 e. The van der Waals surface area contributed by atoms with E-state index in [0.29, 0.717) is 18.9 Å². The number of hydrogen-bond acceptors (Lipinski definition) is 3. The lowest BCUT2D eigenvalue weighted by Crippen LogP contribution is -2.39. The molecular formula is C11H22N2O2S. The van der Waals surface area contributed by atoms with Gasteiger partial charge in [-0.05, 0) is 26.2 Å². The maximum absolute atomic E-state index is 12.0. The van der Waals surface area contributed by atoms with Crippen molar-refractivity contribution in [2.24, 2.45) is 5.92 Å². The lowest BCUT2D eigenvalue weighted by Gasteiger charge is -2.25. The third-order valence-electron chi connectivity index (χ3n) is 2.33. The Morgan fingerprint density at radius 1 is 1.25 bits per heavy atom. The summed E-state index contributed by atoms with van der Waals surface area (Å²) in [5.74, 6) is 0.550. The Balaban J connectivity index is 4.58. The van der Waals surface area contributed by atoms with Gasteiger partial charge >= 0.3 is 0 Å². The van der Waals surface area contributed by atoms with Crippen LogP contribution in [0.3, 0.4) is 0 Å². The van der Waals surface area contributed by atoms with E-state index in [0.717, 1.165) is 0 Å². The van der Waals surface area contributed by atoms with Crippen molar-refractivity contribution in [2.45, 2.75) is 46.6 Å². The molecule has 0 N–H and O–H groups in total. The smallest absolute Gasteiger partial charge is 0.212 e. The first kappa shape index (κ1) is 15.4. The Hall–Kier alpha value is -0.600. The van der Waals surface area contributed by atoms with Crippen LogP contribution in [0.2, 0.25) is 0 Å². The van der Waals surface area contributed by atoms with Gasteiger partial charge in [-0.15, -0.1) is 0 Å². The first-order valence-corrected chi connectivity index (χ1v) is 7.28. The van der Waals surface area contributed by atoms with Gasteiger partial charge in [0.1, 0.15) is 0 Å². The molecule has 94 valence electrons. The highest BCUT2D eigenvalue weighted by Crippen LogP contribution is 2.12. The molecule has 0 aromatic carbocycles. The molecule has 0 atom stereocenters. The summed E-state index contributed by atoms with van der Waals surface area (Å²) in [6.45, 7) is 7.98. The molecule has 0 spiro atoms. The summed E-state index contributed by atoms with van der Waals surface area (Å²) >= 11 is 0. The summed E-state index contributed by atoms with van der Waals surface area (Å²) in [5.41, 5.74) is 0. The van der Waals surface area contributed by atoms with Crippen LogP contribution in [-0.2, 0) is 10.0 Å². The van der Waals surface area contributed by atoms with Gasteiger partial charge in [0.05, 0.1) is 11.8 Å². The van der Waals surface area contributed by atoms with Crippen molar-refractivity contribution in [3.8, 4) is 6.07 Å². The van der Waals surface area contributed by atoms with Gasteiger partial charge in [-0.25, -0.2) is 8.42 Å². The monoisotopic (exact) mass is 246 g/mol. The summed E-state index contributed by atoms with van der Waals surface area (Å²) in [6, 6.07) is 1.91. The number of rotatable bonds is 7. The minimum absolute atomic E-state index is 0.0782. The van der Waals surface area contributed by atoms with Crippen molar-refractivity contribution in [3.63, 3.8) is 0 Å². The van der Waals surface area contributed by atoms with Crippen molar-refractivity contribution >= 4 is 10.0 Å². The summed E-state index contributed by atoms with van der Waals surface area (Å²) < 4.78 is 25.4. The third-order valence-corrected chi connectivity index (χ3v) is 4.40. The lowest BCUT2D eigenvalue weighted by molar-refractivity contribution is 0.358. The van der Waals surface area contributed by atoms with E-state index in [2.05, 4.69) is 0 Å². The van der Waals surface area contributed by atoms with Crippen molar-refractivity contribution < 1.29 is 8.42 Å². The first-order valence-electron chi connectivity index (χ1n) is 5.67. The molecule has 5 heteroatoms. The second-order valence-corrected chi connectivity index (χ2v) is 6.65. The van der Waals surface area contributed by atoms with Crippen molar-refractivity contribution in [1.82, 2.24) is 4.31 Å². The van der Waals surface area contributed by atoms with Crippen LogP contribution in [0.1, 0.15) is 40.5 Å². The Morgan fingerprint density at radius 3 is 2.19 bits per heavy atom. The van der Waals surface area contributed by atoms with Crippen LogP contribution in [0, 0.1) is 17.2 Å². The molecule has 0 radical (unpaired) electrons. The van der Waals surface area contributed by atoms with Crippen molar-refractivity contribution in [2.75, 3.05) is 12.3 Å². The molecule has 0 aliphatic carbocycles. The lowest BCUT2D eigenvalue weighted by atomic mass is 10.2. The van der Waals surface area contributed by atoms with E-state index in [1.165, 1.54) is 4.31 Å². The van der Waals surface area contributed by atoms with Gasteiger partial charge in [0.2, 0.25) is 10.0 Å². The molecule has 0 bridgehead atoms. The summed E-state index contributed by atoms with van der Waals surface area (Å²) in [5, 5.41) is 8.51. The second kappa shape index (κ2) is 6.87. The van der Waals surface area contributed by atoms with Crippen LogP contribution in [0.25, 0.3) is 0 Å². The van der Waals surface area contributed by atoms with Crippen LogP contribution in [0.4, 0.5) is 0 Å². The van der Waals surface area contributed by atoms with Crippen molar-refractivity contribution in [1.29, 1.82) is 5.26 Å². The molecule has 0 aliphatic rings. The number of hydrogen-bond donors (Lipinski definition) is 0. The molecular weight excluding hydrogens is 224 g/mol. The van der Waals surface area contributed by atoms with Gasteiger partial charge in [-0.3, -0.25) is 0 Å². The molecule has 0 heterocycles. The maximum atomic E-state index is 12.0. The average Bonchev–Trinajstić information content (AvgIpc) is 2.14. The van der Waals surface area contributed by atoms with Crippen LogP contribution in [0.5, 0.6) is 0 Å². The van der Waals surface area contributed by atoms with Gasteiger partial charge in [-0.1, -0.05) is 13.8 Å². The fourth-order valence-corrected chi connectivity index (χ4v) is 3.40. The largest absolute Gasteiger partial charge is 0.214 e. The van der Waals surface area contributed by atoms with Gasteiger partial charge in [0, 0.05) is 19.0 Å². The fourth-order valence-electron chi connectivity index (χ4n) is 1.38. The van der Waals surface area contributed by atoms with Gasteiger partial charge in [0.25, 0.3) is 0 Å². The average molecular weight is 246 g/mol. The van der Waals surface area contributed by atoms with Gasteiger partial charge in [0.15, 0.2) is 0 Å². The molecule has 0 aromatic rings. The number of sulfonamides is 1. The summed E-state index contributed by atoms with van der Waals surface area (Å²) in [7, 11) is -3.21. The van der Waals surface area contributed by atoms with E-state index in [-0.39, 0.29) is 18.2 Å². The molecule has 0 fully saturated rings. The van der Waals surface area contributed by atoms with Crippen LogP contribution in [-0.4, -0.2) is 31.1 Å². The Kier molecular flexibility index (Phi) is 6.61. The third kappa shape index (κ3) is 5.47. The molecule has 0 saturated carbocycles. The fraction of sp³-hybridized carbons (Fsp3) is 0.909. The quantitative estimate of drug-likeness (QED) is 0.690. The zero-order chi connectivity index (χ0) is 12.8. The summed E-state index contributed by atoms with van der Waals surface area (Å²) in [6.07, 6.45) is 0.914. The van der Waals surface area contributed by atoms with Crippen LogP contribution >= 0.6 is 0 Å². The highest BCUT2D eigenvalue weighted by molar-refractivity contribution is 7.89. The summed E-state index contributed by atoms with van der Waals surface area (Å²) in [4.78, 5) is 0. The second-order valence-electron chi connectivity index (χ2n) is 4.61. The van der Waals surface area contributed by atoms with E-state index < -0.39 is 10.0 Å². The van der Waals surface area contributed by atoms with E-state index in [1.54, 1.807) is 0 Å². The molecule has 0 unspecified atom stereocenters. The molecule has 0 saturated heterocycles. The minimum Gasteiger partial charge on any atom is -0.212 e. The molecule has 0 rings (SSSR count). The normalized spacial score (nSPS) is 12.4. The minimum atomic E-state index is -3.21. The van der Waals surface area contributed by atoms with E-state index in [1.807, 2.05) is 33.8 Å². The molecule has 0 amide bonds. The number of nitriles is 1. The Bertz CT molecular complexity index is 328. The van der Waals surface area contributed by atoms with Crippen molar-refractivity contribution in [3.05, 3.63) is 0 Å². The topological polar surface area (TPSA) is 61.2 Å². The predicted octanol–water partition coefficient (Wildman–Crippen LogP) is 1.99. The molecule has 4 nitrogen and oxygen atoms in total. The Morgan fingerprint density at radius 2 is 1.81 bits per heavy atom. The molecule has 16 heavy (non-hydrogen) atoms. The van der Waals surface area contributed by atoms with E-state index in [9.17, 15) is 8.42 Å². The number of nitrogens with zero attached hydrogens (tertiary/aromatic N) is 2. The van der Waals surface area contributed by atoms with E-state index >= 15 is 0 Å². The highest BCUT2D eigenvalue weighted by atomic mass is 32.2. The predicted molar refractivity (Wildman–Crippen MR) is 65.3 cm³/mol. The first-order chi connectivity index (χ1) is 7.31. The SMILES string of the molecule is CC(C)CCS(=O)(=O)N(CCC#N)C(C)C. The zero-order valence-corrected chi connectivity index (χ0v) is 11.4. The molecule has 0 aliphatic heterocycles. The standard InChI is InChI=1S/C11H22N2O2S/c1-10(2)6-9-16(14,15)13(11(3)4)8-5-7-12/h10-11H,5-6,8-9H2,1-4H3.